The summed E-state index contributed by atoms with van der Waals surface area (Å²) in [5, 5.41) is 1.08. The van der Waals surface area contributed by atoms with E-state index >= 15 is 0 Å². The van der Waals surface area contributed by atoms with E-state index in [0.717, 1.165) is 27.7 Å². The molecule has 0 amide bonds. The van der Waals surface area contributed by atoms with Crippen LogP contribution in [0.3, 0.4) is 0 Å². The van der Waals surface area contributed by atoms with Gasteiger partial charge in [-0.3, -0.25) is 0 Å². The molecule has 0 radical (unpaired) electrons. The van der Waals surface area contributed by atoms with Gasteiger partial charge in [0.05, 0.1) is 7.11 Å². The lowest BCUT2D eigenvalue weighted by Gasteiger charge is -2.00. The van der Waals surface area contributed by atoms with Crippen molar-refractivity contribution in [2.75, 3.05) is 7.11 Å². The normalized spacial score (nSPS) is 10.8. The highest BCUT2D eigenvalue weighted by Crippen LogP contribution is 2.21. The number of thioether (sulfide) groups is 1. The lowest BCUT2D eigenvalue weighted by Crippen LogP contribution is -2.01. The van der Waals surface area contributed by atoms with E-state index in [4.69, 9.17) is 4.74 Å². The van der Waals surface area contributed by atoms with Crippen LogP contribution in [0.5, 0.6) is 5.75 Å². The molecular formula is C15H15N2OS+. The molecule has 0 aliphatic rings. The fourth-order valence-corrected chi connectivity index (χ4v) is 2.79. The highest BCUT2D eigenvalue weighted by atomic mass is 32.2. The number of H-pyrrole nitrogens is 2. The Morgan fingerprint density at radius 2 is 1.89 bits per heavy atom. The molecule has 1 aromatic heterocycles. The maximum absolute atomic E-state index is 5.15. The van der Waals surface area contributed by atoms with Gasteiger partial charge in [-0.25, -0.2) is 9.97 Å². The minimum Gasteiger partial charge on any atom is -0.497 e. The molecule has 0 spiro atoms. The number of benzene rings is 2. The van der Waals surface area contributed by atoms with Crippen molar-refractivity contribution in [3.63, 3.8) is 0 Å². The van der Waals surface area contributed by atoms with Gasteiger partial charge < -0.3 is 4.74 Å². The molecule has 96 valence electrons. The standard InChI is InChI=1S/C15H14N2OS/c1-18-12-8-6-11(7-9-12)10-19-15-16-13-4-2-3-5-14(13)17-15/h2-9H,10H2,1H3,(H,16,17)/p+1. The Kier molecular flexibility index (Phi) is 3.42. The number of hydrogen-bond donors (Lipinski definition) is 1. The van der Waals surface area contributed by atoms with Crippen molar-refractivity contribution < 1.29 is 9.72 Å². The van der Waals surface area contributed by atoms with E-state index < -0.39 is 0 Å². The fourth-order valence-electron chi connectivity index (χ4n) is 1.93. The Balaban J connectivity index is 1.70. The average Bonchev–Trinajstić information content (AvgIpc) is 2.88. The molecule has 2 N–H and O–H groups in total. The molecule has 19 heavy (non-hydrogen) atoms. The lowest BCUT2D eigenvalue weighted by molar-refractivity contribution is -0.396. The fraction of sp³-hybridized carbons (Fsp3) is 0.133. The highest BCUT2D eigenvalue weighted by molar-refractivity contribution is 7.98. The molecule has 3 nitrogen and oxygen atoms in total. The van der Waals surface area contributed by atoms with Crippen molar-refractivity contribution in [2.45, 2.75) is 10.9 Å². The topological polar surface area (TPSA) is 39.2 Å². The number of rotatable bonds is 4. The quantitative estimate of drug-likeness (QED) is 0.740. The van der Waals surface area contributed by atoms with E-state index in [1.165, 1.54) is 5.56 Å². The molecule has 2 aromatic carbocycles. The zero-order chi connectivity index (χ0) is 13.1. The van der Waals surface area contributed by atoms with Crippen LogP contribution in [-0.4, -0.2) is 12.1 Å². The summed E-state index contributed by atoms with van der Waals surface area (Å²) in [7, 11) is 1.68. The predicted molar refractivity (Wildman–Crippen MR) is 77.4 cm³/mol. The zero-order valence-corrected chi connectivity index (χ0v) is 11.5. The number of ether oxygens (including phenoxy) is 1. The van der Waals surface area contributed by atoms with Gasteiger partial charge in [0, 0.05) is 5.75 Å². The second kappa shape index (κ2) is 5.36. The van der Waals surface area contributed by atoms with Gasteiger partial charge in [-0.2, -0.15) is 0 Å². The molecule has 0 saturated carbocycles. The Labute approximate surface area is 116 Å². The van der Waals surface area contributed by atoms with Crippen molar-refractivity contribution in [1.82, 2.24) is 4.98 Å². The third-order valence-electron chi connectivity index (χ3n) is 2.97. The van der Waals surface area contributed by atoms with Crippen molar-refractivity contribution >= 4 is 22.8 Å². The maximum atomic E-state index is 5.15. The first-order chi connectivity index (χ1) is 9.35. The van der Waals surface area contributed by atoms with Gasteiger partial charge >= 0.3 is 5.16 Å². The number of fused-ring (bicyclic) bond motifs is 1. The van der Waals surface area contributed by atoms with E-state index in [1.807, 2.05) is 24.3 Å². The van der Waals surface area contributed by atoms with E-state index in [9.17, 15) is 0 Å². The Hall–Kier alpha value is -1.94. The summed E-state index contributed by atoms with van der Waals surface area (Å²) in [5.41, 5.74) is 3.55. The molecular weight excluding hydrogens is 256 g/mol. The average molecular weight is 271 g/mol. The first-order valence-corrected chi connectivity index (χ1v) is 7.09. The molecule has 0 unspecified atom stereocenters. The maximum Gasteiger partial charge on any atom is 0.314 e. The van der Waals surface area contributed by atoms with Crippen LogP contribution in [0.25, 0.3) is 11.0 Å². The second-order valence-corrected chi connectivity index (χ2v) is 5.25. The third-order valence-corrected chi connectivity index (χ3v) is 3.94. The number of aromatic nitrogens is 2. The van der Waals surface area contributed by atoms with Crippen molar-refractivity contribution in [3.05, 3.63) is 54.1 Å². The van der Waals surface area contributed by atoms with Gasteiger partial charge in [-0.1, -0.05) is 24.3 Å². The van der Waals surface area contributed by atoms with Crippen LogP contribution in [0.1, 0.15) is 5.56 Å². The largest absolute Gasteiger partial charge is 0.497 e. The smallest absolute Gasteiger partial charge is 0.314 e. The summed E-state index contributed by atoms with van der Waals surface area (Å²) < 4.78 is 5.15. The van der Waals surface area contributed by atoms with Gasteiger partial charge in [0.2, 0.25) is 0 Å². The monoisotopic (exact) mass is 271 g/mol. The van der Waals surface area contributed by atoms with Crippen molar-refractivity contribution in [2.24, 2.45) is 0 Å². The Morgan fingerprint density at radius 3 is 2.63 bits per heavy atom. The van der Waals surface area contributed by atoms with Crippen LogP contribution >= 0.6 is 11.8 Å². The molecule has 0 aliphatic carbocycles. The summed E-state index contributed by atoms with van der Waals surface area (Å²) in [6.45, 7) is 0. The summed E-state index contributed by atoms with van der Waals surface area (Å²) >= 11 is 1.76. The van der Waals surface area contributed by atoms with Crippen molar-refractivity contribution in [1.29, 1.82) is 0 Å². The van der Waals surface area contributed by atoms with Gasteiger partial charge in [0.1, 0.15) is 5.75 Å². The molecule has 0 saturated heterocycles. The van der Waals surface area contributed by atoms with E-state index in [-0.39, 0.29) is 0 Å². The van der Waals surface area contributed by atoms with Gasteiger partial charge in [-0.15, -0.1) is 0 Å². The number of methoxy groups -OCH3 is 1. The summed E-state index contributed by atoms with van der Waals surface area (Å²) in [4.78, 5) is 6.74. The molecule has 3 aromatic rings. The first kappa shape index (κ1) is 12.1. The minimum atomic E-state index is 0.894. The second-order valence-electron chi connectivity index (χ2n) is 4.26. The molecule has 4 heteroatoms. The number of imidazole rings is 1. The molecule has 0 fully saturated rings. The minimum absolute atomic E-state index is 0.894. The van der Waals surface area contributed by atoms with Crippen LogP contribution in [0.4, 0.5) is 0 Å². The summed E-state index contributed by atoms with van der Waals surface area (Å²) in [6.07, 6.45) is 0. The van der Waals surface area contributed by atoms with Crippen molar-refractivity contribution in [3.8, 4) is 5.75 Å². The lowest BCUT2D eigenvalue weighted by atomic mass is 10.2. The van der Waals surface area contributed by atoms with Gasteiger partial charge in [-0.05, 0) is 41.6 Å². The Bertz CT molecular complexity index is 643. The molecule has 0 aliphatic heterocycles. The molecule has 1 heterocycles. The number of aromatic amines is 2. The Morgan fingerprint density at radius 1 is 1.11 bits per heavy atom. The van der Waals surface area contributed by atoms with Gasteiger partial charge in [0.25, 0.3) is 0 Å². The number of nitrogens with one attached hydrogen (secondary N) is 2. The van der Waals surface area contributed by atoms with Crippen LogP contribution in [0, 0.1) is 0 Å². The highest BCUT2D eigenvalue weighted by Gasteiger charge is 2.09. The number of para-hydroxylation sites is 2. The molecule has 0 bridgehead atoms. The van der Waals surface area contributed by atoms with Crippen LogP contribution < -0.4 is 9.72 Å². The number of hydrogen-bond acceptors (Lipinski definition) is 2. The van der Waals surface area contributed by atoms with Crippen LogP contribution in [-0.2, 0) is 5.75 Å². The van der Waals surface area contributed by atoms with Crippen LogP contribution in [0.2, 0.25) is 0 Å². The SMILES string of the molecule is COc1ccc(CSc2[nH]c3ccccc3[nH+]2)cc1. The predicted octanol–water partition coefficient (Wildman–Crippen LogP) is 3.28. The third kappa shape index (κ3) is 2.74. The van der Waals surface area contributed by atoms with E-state index in [2.05, 4.69) is 34.2 Å². The first-order valence-electron chi connectivity index (χ1n) is 6.11. The van der Waals surface area contributed by atoms with E-state index in [1.54, 1.807) is 18.9 Å². The zero-order valence-electron chi connectivity index (χ0n) is 10.6. The molecule has 3 rings (SSSR count). The van der Waals surface area contributed by atoms with E-state index in [0.29, 0.717) is 0 Å². The molecule has 0 atom stereocenters. The van der Waals surface area contributed by atoms with Crippen LogP contribution in [0.15, 0.2) is 53.7 Å². The summed E-state index contributed by atoms with van der Waals surface area (Å²) in [6, 6.07) is 16.4. The van der Waals surface area contributed by atoms with Gasteiger partial charge in [0.15, 0.2) is 11.0 Å². The summed E-state index contributed by atoms with van der Waals surface area (Å²) in [5.74, 6) is 1.82.